The Labute approximate surface area is 255 Å². The zero-order chi connectivity index (χ0) is 31.6. The van der Waals surface area contributed by atoms with Crippen molar-refractivity contribution in [1.29, 1.82) is 0 Å². The number of alkyl halides is 3. The van der Waals surface area contributed by atoms with Gasteiger partial charge in [0, 0.05) is 42.6 Å². The summed E-state index contributed by atoms with van der Waals surface area (Å²) in [6.07, 6.45) is -1.72. The van der Waals surface area contributed by atoms with Gasteiger partial charge in [-0.15, -0.1) is 0 Å². The van der Waals surface area contributed by atoms with Gasteiger partial charge in [-0.1, -0.05) is 23.7 Å². The van der Waals surface area contributed by atoms with Crippen LogP contribution in [-0.2, 0) is 10.9 Å². The van der Waals surface area contributed by atoms with E-state index in [1.807, 2.05) is 13.8 Å². The molecule has 1 fully saturated rings. The van der Waals surface area contributed by atoms with Crippen molar-refractivity contribution >= 4 is 46.2 Å². The van der Waals surface area contributed by atoms with E-state index in [9.17, 15) is 22.8 Å². The zero-order valence-corrected chi connectivity index (χ0v) is 24.6. The van der Waals surface area contributed by atoms with Crippen LogP contribution < -0.4 is 21.7 Å². The van der Waals surface area contributed by atoms with Crippen LogP contribution in [0.5, 0.6) is 0 Å². The number of halogens is 4. The zero-order valence-electron chi connectivity index (χ0n) is 23.8. The number of rotatable bonds is 7. The van der Waals surface area contributed by atoms with Crippen molar-refractivity contribution in [3.05, 3.63) is 71.1 Å². The number of benzene rings is 2. The van der Waals surface area contributed by atoms with Gasteiger partial charge in [-0.2, -0.15) is 18.3 Å². The summed E-state index contributed by atoms with van der Waals surface area (Å²) in [5.74, 6) is -0.163. The van der Waals surface area contributed by atoms with Crippen LogP contribution in [0.3, 0.4) is 0 Å². The van der Waals surface area contributed by atoms with Crippen LogP contribution in [0, 0.1) is 0 Å². The van der Waals surface area contributed by atoms with Gasteiger partial charge in [0.15, 0.2) is 5.82 Å². The Morgan fingerprint density at radius 1 is 1.07 bits per heavy atom. The fraction of sp³-hybridized carbons (Fsp3) is 0.310. The number of carbonyl (C=O) groups is 2. The molecule has 3 amide bonds. The number of hydrogen-bond donors (Lipinski definition) is 4. The number of anilines is 3. The fourth-order valence-electron chi connectivity index (χ4n) is 5.03. The molecule has 5 rings (SSSR count). The van der Waals surface area contributed by atoms with E-state index in [1.54, 1.807) is 30.5 Å². The number of hydrogen-bond acceptors (Lipinski definition) is 7. The van der Waals surface area contributed by atoms with Crippen LogP contribution in [0.25, 0.3) is 16.6 Å². The molecule has 15 heteroatoms. The number of aromatic nitrogens is 3. The molecule has 4 aromatic rings. The first kappa shape index (κ1) is 31.0. The topological polar surface area (TPSA) is 139 Å². The first-order valence-electron chi connectivity index (χ1n) is 13.6. The van der Waals surface area contributed by atoms with Crippen molar-refractivity contribution in [1.82, 2.24) is 24.8 Å². The van der Waals surface area contributed by atoms with Crippen LogP contribution >= 0.6 is 11.6 Å². The summed E-state index contributed by atoms with van der Waals surface area (Å²) >= 11 is 5.99. The number of urea groups is 1. The number of nitrogens with one attached hydrogen (secondary N) is 3. The molecular weight excluding hydrogens is 601 g/mol. The van der Waals surface area contributed by atoms with Gasteiger partial charge in [-0.3, -0.25) is 9.69 Å². The highest BCUT2D eigenvalue weighted by Crippen LogP contribution is 2.35. The third-order valence-electron chi connectivity index (χ3n) is 6.99. The number of amides is 3. The third kappa shape index (κ3) is 7.04. The van der Waals surface area contributed by atoms with E-state index >= 15 is 0 Å². The lowest BCUT2D eigenvalue weighted by molar-refractivity contribution is -0.137. The second kappa shape index (κ2) is 12.3. The number of nitrogens with two attached hydrogens (primary N) is 1. The Bertz CT molecular complexity index is 1690. The molecule has 232 valence electrons. The molecule has 1 saturated heterocycles. The summed E-state index contributed by atoms with van der Waals surface area (Å²) in [7, 11) is 0. The van der Waals surface area contributed by atoms with Crippen molar-refractivity contribution in [3.63, 3.8) is 0 Å². The molecule has 0 bridgehead atoms. The van der Waals surface area contributed by atoms with Gasteiger partial charge >= 0.3 is 12.2 Å². The Morgan fingerprint density at radius 3 is 2.45 bits per heavy atom. The molecule has 2 aromatic carbocycles. The minimum absolute atomic E-state index is 0.0529. The molecule has 0 saturated carbocycles. The molecule has 1 aliphatic heterocycles. The van der Waals surface area contributed by atoms with Crippen LogP contribution in [0.2, 0.25) is 5.02 Å². The molecule has 0 aliphatic carbocycles. The number of morpholine rings is 1. The first-order valence-corrected chi connectivity index (χ1v) is 14.0. The molecule has 11 nitrogen and oxygen atoms in total. The van der Waals surface area contributed by atoms with E-state index in [-0.39, 0.29) is 22.4 Å². The van der Waals surface area contributed by atoms with Crippen molar-refractivity contribution in [2.45, 2.75) is 25.6 Å². The SMILES string of the molecule is CC(C)(CN1CCOCC1)NC(=O)c1cn2ncnc(N)c2c1-c1ccc(NC(=O)Nc2cc(C(F)(F)F)ccc2Cl)cc1. The van der Waals surface area contributed by atoms with Gasteiger partial charge in [0.25, 0.3) is 5.91 Å². The smallest absolute Gasteiger partial charge is 0.382 e. The summed E-state index contributed by atoms with van der Waals surface area (Å²) < 4.78 is 46.2. The number of carbonyl (C=O) groups excluding carboxylic acids is 2. The average molecular weight is 631 g/mol. The van der Waals surface area contributed by atoms with E-state index in [0.717, 1.165) is 31.3 Å². The quantitative estimate of drug-likeness (QED) is 0.222. The van der Waals surface area contributed by atoms with Crippen molar-refractivity contribution in [2.24, 2.45) is 0 Å². The van der Waals surface area contributed by atoms with E-state index < -0.39 is 23.3 Å². The van der Waals surface area contributed by atoms with Crippen molar-refractivity contribution < 1.29 is 27.5 Å². The summed E-state index contributed by atoms with van der Waals surface area (Å²) in [6.45, 7) is 7.35. The van der Waals surface area contributed by atoms with Gasteiger partial charge in [0.05, 0.1) is 35.1 Å². The van der Waals surface area contributed by atoms with Crippen molar-refractivity contribution in [3.8, 4) is 11.1 Å². The molecule has 3 heterocycles. The monoisotopic (exact) mass is 630 g/mol. The highest BCUT2D eigenvalue weighted by molar-refractivity contribution is 6.33. The largest absolute Gasteiger partial charge is 0.416 e. The lowest BCUT2D eigenvalue weighted by Gasteiger charge is -2.35. The summed E-state index contributed by atoms with van der Waals surface area (Å²) in [6, 6.07) is 8.34. The molecule has 44 heavy (non-hydrogen) atoms. The number of nitrogen functional groups attached to an aromatic ring is 1. The van der Waals surface area contributed by atoms with E-state index in [0.29, 0.717) is 47.7 Å². The maximum Gasteiger partial charge on any atom is 0.416 e. The van der Waals surface area contributed by atoms with E-state index in [2.05, 4.69) is 30.9 Å². The molecule has 1 aliphatic rings. The lowest BCUT2D eigenvalue weighted by atomic mass is 9.99. The average Bonchev–Trinajstić information content (AvgIpc) is 3.35. The van der Waals surface area contributed by atoms with Gasteiger partial charge in [0.2, 0.25) is 0 Å². The Balaban J connectivity index is 1.37. The second-order valence-electron chi connectivity index (χ2n) is 10.9. The summed E-state index contributed by atoms with van der Waals surface area (Å²) in [5.41, 5.74) is 6.67. The first-order chi connectivity index (χ1) is 20.8. The summed E-state index contributed by atoms with van der Waals surface area (Å²) in [4.78, 5) is 32.6. The minimum Gasteiger partial charge on any atom is -0.382 e. The maximum atomic E-state index is 13.7. The highest BCUT2D eigenvalue weighted by atomic mass is 35.5. The number of nitrogens with zero attached hydrogens (tertiary/aromatic N) is 4. The normalized spacial score (nSPS) is 14.4. The van der Waals surface area contributed by atoms with Crippen LogP contribution in [0.1, 0.15) is 29.8 Å². The van der Waals surface area contributed by atoms with Gasteiger partial charge in [0.1, 0.15) is 11.8 Å². The predicted molar refractivity (Wildman–Crippen MR) is 161 cm³/mol. The Morgan fingerprint density at radius 2 is 1.77 bits per heavy atom. The van der Waals surface area contributed by atoms with Gasteiger partial charge in [-0.05, 0) is 49.7 Å². The lowest BCUT2D eigenvalue weighted by Crippen LogP contribution is -2.53. The Kier molecular flexibility index (Phi) is 8.68. The summed E-state index contributed by atoms with van der Waals surface area (Å²) in [5, 5.41) is 12.2. The second-order valence-corrected chi connectivity index (χ2v) is 11.3. The highest BCUT2D eigenvalue weighted by Gasteiger charge is 2.31. The van der Waals surface area contributed by atoms with Crippen LogP contribution in [0.15, 0.2) is 55.0 Å². The predicted octanol–water partition coefficient (Wildman–Crippen LogP) is 5.14. The molecule has 0 spiro atoms. The van der Waals surface area contributed by atoms with Gasteiger partial charge in [-0.25, -0.2) is 14.3 Å². The third-order valence-corrected chi connectivity index (χ3v) is 7.32. The number of ether oxygens (including phenoxy) is 1. The number of fused-ring (bicyclic) bond motifs is 1. The van der Waals surface area contributed by atoms with E-state index in [4.69, 9.17) is 22.1 Å². The molecule has 0 unspecified atom stereocenters. The van der Waals surface area contributed by atoms with Crippen LogP contribution in [0.4, 0.5) is 35.2 Å². The standard InChI is InChI=1S/C29H30ClF3N8O3/c1-28(2,15-40-9-11-44-12-10-40)39-26(42)20-14-41-24(25(34)35-16-36-41)23(20)17-3-6-19(7-4-17)37-27(43)38-22-13-18(29(31,32)33)5-8-21(22)30/h3-8,13-14,16H,9-12,15H2,1-2H3,(H,39,42)(H2,34,35,36)(H2,37,38,43). The van der Waals surface area contributed by atoms with Crippen molar-refractivity contribution in [2.75, 3.05) is 49.2 Å². The molecule has 0 radical (unpaired) electrons. The Hall–Kier alpha value is -4.40. The maximum absolute atomic E-state index is 13.7. The molecule has 2 aromatic heterocycles. The fourth-order valence-corrected chi connectivity index (χ4v) is 5.20. The molecule has 5 N–H and O–H groups in total. The minimum atomic E-state index is -4.60. The molecular formula is C29H30ClF3N8O3. The molecule has 0 atom stereocenters. The van der Waals surface area contributed by atoms with Gasteiger partial charge < -0.3 is 26.4 Å². The van der Waals surface area contributed by atoms with Crippen LogP contribution in [-0.4, -0.2) is 69.8 Å². The van der Waals surface area contributed by atoms with E-state index in [1.165, 1.54) is 10.8 Å².